The lowest BCUT2D eigenvalue weighted by Crippen LogP contribution is -1.94. The third-order valence-corrected chi connectivity index (χ3v) is 2.03. The van der Waals surface area contributed by atoms with Crippen molar-refractivity contribution in [3.63, 3.8) is 0 Å². The molecule has 94 valence electrons. The molecule has 0 amide bonds. The van der Waals surface area contributed by atoms with E-state index < -0.39 is 0 Å². The normalized spacial score (nSPS) is 10.9. The Labute approximate surface area is 108 Å². The monoisotopic (exact) mass is 242 g/mol. The van der Waals surface area contributed by atoms with Crippen LogP contribution in [0.3, 0.4) is 0 Å². The van der Waals surface area contributed by atoms with Crippen molar-refractivity contribution < 1.29 is 0 Å². The highest BCUT2D eigenvalue weighted by Crippen LogP contribution is 2.17. The van der Waals surface area contributed by atoms with Gasteiger partial charge in [0.25, 0.3) is 0 Å². The predicted molar refractivity (Wildman–Crippen MR) is 76.7 cm³/mol. The van der Waals surface area contributed by atoms with Gasteiger partial charge in [0.2, 0.25) is 0 Å². The van der Waals surface area contributed by atoms with Crippen LogP contribution in [-0.2, 0) is 0 Å². The number of anilines is 1. The van der Waals surface area contributed by atoms with Crippen LogP contribution in [-0.4, -0.2) is 6.54 Å². The molecule has 0 aliphatic heterocycles. The molecule has 0 aliphatic rings. The minimum atomic E-state index is 0.460. The SMILES string of the molecule is C=C(N)/C=C\C(=C)N=Nc1ccc(NCC)cc1. The summed E-state index contributed by atoms with van der Waals surface area (Å²) in [5.41, 5.74) is 8.22. The molecular formula is C14H18N4. The van der Waals surface area contributed by atoms with Crippen LogP contribution in [0.1, 0.15) is 6.92 Å². The van der Waals surface area contributed by atoms with Gasteiger partial charge in [-0.05, 0) is 43.3 Å². The van der Waals surface area contributed by atoms with E-state index in [1.165, 1.54) is 0 Å². The maximum absolute atomic E-state index is 5.39. The molecule has 0 spiro atoms. The van der Waals surface area contributed by atoms with Crippen molar-refractivity contribution in [3.8, 4) is 0 Å². The molecular weight excluding hydrogens is 224 g/mol. The highest BCUT2D eigenvalue weighted by Gasteiger charge is 1.91. The number of benzene rings is 1. The number of hydrogen-bond donors (Lipinski definition) is 2. The Balaban J connectivity index is 2.61. The Bertz CT molecular complexity index is 469. The number of nitrogens with one attached hydrogen (secondary N) is 1. The second-order valence-corrected chi connectivity index (χ2v) is 3.68. The maximum atomic E-state index is 5.39. The fourth-order valence-electron chi connectivity index (χ4n) is 1.21. The Hall–Kier alpha value is -2.36. The molecule has 1 aromatic rings. The van der Waals surface area contributed by atoms with E-state index in [0.717, 1.165) is 17.9 Å². The van der Waals surface area contributed by atoms with Crippen LogP contribution in [0.2, 0.25) is 0 Å². The highest BCUT2D eigenvalue weighted by molar-refractivity contribution is 5.50. The maximum Gasteiger partial charge on any atom is 0.0858 e. The number of rotatable bonds is 6. The van der Waals surface area contributed by atoms with Gasteiger partial charge < -0.3 is 11.1 Å². The Morgan fingerprint density at radius 3 is 2.50 bits per heavy atom. The van der Waals surface area contributed by atoms with E-state index in [9.17, 15) is 0 Å². The van der Waals surface area contributed by atoms with Crippen LogP contribution >= 0.6 is 0 Å². The third-order valence-electron chi connectivity index (χ3n) is 2.03. The van der Waals surface area contributed by atoms with Crippen molar-refractivity contribution >= 4 is 11.4 Å². The van der Waals surface area contributed by atoms with Gasteiger partial charge in [0.05, 0.1) is 11.4 Å². The lowest BCUT2D eigenvalue weighted by Gasteiger charge is -2.01. The largest absolute Gasteiger partial charge is 0.399 e. The summed E-state index contributed by atoms with van der Waals surface area (Å²) in [6.45, 7) is 10.2. The first-order valence-electron chi connectivity index (χ1n) is 5.69. The smallest absolute Gasteiger partial charge is 0.0858 e. The zero-order valence-electron chi connectivity index (χ0n) is 10.6. The molecule has 0 saturated heterocycles. The predicted octanol–water partition coefficient (Wildman–Crippen LogP) is 3.74. The molecule has 4 nitrogen and oxygen atoms in total. The number of hydrogen-bond acceptors (Lipinski definition) is 4. The van der Waals surface area contributed by atoms with Crippen molar-refractivity contribution in [1.82, 2.24) is 0 Å². The van der Waals surface area contributed by atoms with Crippen LogP contribution in [0.25, 0.3) is 0 Å². The molecule has 0 heterocycles. The average Bonchev–Trinajstić information content (AvgIpc) is 2.36. The summed E-state index contributed by atoms with van der Waals surface area (Å²) in [5.74, 6) is 0. The van der Waals surface area contributed by atoms with E-state index in [-0.39, 0.29) is 0 Å². The lowest BCUT2D eigenvalue weighted by atomic mass is 10.3. The summed E-state index contributed by atoms with van der Waals surface area (Å²) >= 11 is 0. The van der Waals surface area contributed by atoms with Gasteiger partial charge in [0.1, 0.15) is 0 Å². The van der Waals surface area contributed by atoms with Gasteiger partial charge in [-0.2, -0.15) is 10.2 Å². The number of nitrogens with two attached hydrogens (primary N) is 1. The second-order valence-electron chi connectivity index (χ2n) is 3.68. The van der Waals surface area contributed by atoms with E-state index in [2.05, 4.69) is 35.6 Å². The summed E-state index contributed by atoms with van der Waals surface area (Å²) in [7, 11) is 0. The number of allylic oxidation sites excluding steroid dienone is 2. The van der Waals surface area contributed by atoms with Crippen LogP contribution in [0.5, 0.6) is 0 Å². The molecule has 0 atom stereocenters. The highest BCUT2D eigenvalue weighted by atomic mass is 15.1. The van der Waals surface area contributed by atoms with Crippen molar-refractivity contribution in [2.24, 2.45) is 16.0 Å². The van der Waals surface area contributed by atoms with Gasteiger partial charge in [-0.3, -0.25) is 0 Å². The zero-order chi connectivity index (χ0) is 13.4. The van der Waals surface area contributed by atoms with Crippen molar-refractivity contribution in [2.75, 3.05) is 11.9 Å². The topological polar surface area (TPSA) is 62.8 Å². The first-order chi connectivity index (χ1) is 8.61. The zero-order valence-corrected chi connectivity index (χ0v) is 10.6. The molecule has 0 aliphatic carbocycles. The van der Waals surface area contributed by atoms with E-state index in [4.69, 9.17) is 5.73 Å². The second kappa shape index (κ2) is 7.06. The van der Waals surface area contributed by atoms with Gasteiger partial charge in [-0.25, -0.2) is 0 Å². The molecule has 0 bridgehead atoms. The molecule has 0 aromatic heterocycles. The van der Waals surface area contributed by atoms with Gasteiger partial charge in [0.15, 0.2) is 0 Å². The molecule has 0 fully saturated rings. The van der Waals surface area contributed by atoms with E-state index in [1.54, 1.807) is 12.2 Å². The van der Waals surface area contributed by atoms with Gasteiger partial charge in [-0.15, -0.1) is 0 Å². The van der Waals surface area contributed by atoms with Crippen LogP contribution in [0, 0.1) is 0 Å². The Kier molecular flexibility index (Phi) is 5.38. The first-order valence-corrected chi connectivity index (χ1v) is 5.69. The van der Waals surface area contributed by atoms with E-state index in [0.29, 0.717) is 11.4 Å². The molecule has 1 aromatic carbocycles. The van der Waals surface area contributed by atoms with Gasteiger partial charge in [0, 0.05) is 17.9 Å². The van der Waals surface area contributed by atoms with Crippen LogP contribution < -0.4 is 11.1 Å². The molecule has 3 N–H and O–H groups in total. The number of nitrogens with zero attached hydrogens (tertiary/aromatic N) is 2. The summed E-state index contributed by atoms with van der Waals surface area (Å²) < 4.78 is 0. The van der Waals surface area contributed by atoms with Crippen molar-refractivity contribution in [2.45, 2.75) is 6.92 Å². The third kappa shape index (κ3) is 5.12. The molecule has 0 radical (unpaired) electrons. The number of azo groups is 1. The molecule has 18 heavy (non-hydrogen) atoms. The minimum absolute atomic E-state index is 0.460. The fraction of sp³-hybridized carbons (Fsp3) is 0.143. The minimum Gasteiger partial charge on any atom is -0.399 e. The Morgan fingerprint density at radius 2 is 1.94 bits per heavy atom. The summed E-state index contributed by atoms with van der Waals surface area (Å²) in [5, 5.41) is 11.2. The van der Waals surface area contributed by atoms with Gasteiger partial charge >= 0.3 is 0 Å². The summed E-state index contributed by atoms with van der Waals surface area (Å²) in [4.78, 5) is 0. The average molecular weight is 242 g/mol. The standard InChI is InChI=1S/C14H18N4/c1-4-16-13-7-9-14(10-8-13)18-17-12(3)6-5-11(2)15/h5-10,16H,2-4,15H2,1H3/b6-5-,18-17?. The van der Waals surface area contributed by atoms with E-state index in [1.807, 2.05) is 24.3 Å². The van der Waals surface area contributed by atoms with Crippen molar-refractivity contribution in [1.29, 1.82) is 0 Å². The first kappa shape index (κ1) is 13.7. The molecule has 0 saturated carbocycles. The summed E-state index contributed by atoms with van der Waals surface area (Å²) in [6, 6.07) is 7.69. The summed E-state index contributed by atoms with van der Waals surface area (Å²) in [6.07, 6.45) is 3.30. The van der Waals surface area contributed by atoms with Gasteiger partial charge in [-0.1, -0.05) is 13.2 Å². The van der Waals surface area contributed by atoms with Crippen LogP contribution in [0.15, 0.2) is 71.2 Å². The quantitative estimate of drug-likeness (QED) is 0.589. The van der Waals surface area contributed by atoms with Crippen LogP contribution in [0.4, 0.5) is 11.4 Å². The molecule has 4 heteroatoms. The Morgan fingerprint density at radius 1 is 1.28 bits per heavy atom. The lowest BCUT2D eigenvalue weighted by molar-refractivity contribution is 1.17. The van der Waals surface area contributed by atoms with E-state index >= 15 is 0 Å². The molecule has 1 rings (SSSR count). The fourth-order valence-corrected chi connectivity index (χ4v) is 1.21. The molecule has 0 unspecified atom stereocenters. The van der Waals surface area contributed by atoms with Crippen molar-refractivity contribution in [3.05, 3.63) is 61.0 Å².